The molecule has 0 spiro atoms. The van der Waals surface area contributed by atoms with Gasteiger partial charge in [0.25, 0.3) is 0 Å². The molecule has 0 aliphatic carbocycles. The van der Waals surface area contributed by atoms with Crippen molar-refractivity contribution in [1.29, 1.82) is 0 Å². The van der Waals surface area contributed by atoms with Crippen molar-refractivity contribution in [3.05, 3.63) is 184 Å². The van der Waals surface area contributed by atoms with Crippen LogP contribution in [0.2, 0.25) is 0 Å². The van der Waals surface area contributed by atoms with Crippen molar-refractivity contribution in [2.45, 2.75) is 13.8 Å². The fourth-order valence-electron chi connectivity index (χ4n) is 6.10. The van der Waals surface area contributed by atoms with Crippen molar-refractivity contribution in [3.63, 3.8) is 0 Å². The molecule has 8 aromatic carbocycles. The Balaban J connectivity index is 0.000000202. The van der Waals surface area contributed by atoms with Crippen LogP contribution in [0.3, 0.4) is 0 Å². The predicted molar refractivity (Wildman–Crippen MR) is 201 cm³/mol. The molecule has 8 aromatic rings. The summed E-state index contributed by atoms with van der Waals surface area (Å²) >= 11 is 1.36. The van der Waals surface area contributed by atoms with E-state index in [0.29, 0.717) is 0 Å². The van der Waals surface area contributed by atoms with Crippen LogP contribution in [0, 0.1) is 28.7 Å². The second kappa shape index (κ2) is 15.9. The maximum absolute atomic E-state index is 3.06. The van der Waals surface area contributed by atoms with E-state index in [4.69, 9.17) is 0 Å². The first kappa shape index (κ1) is 34.8. The van der Waals surface area contributed by atoms with Gasteiger partial charge in [0.05, 0.1) is 0 Å². The summed E-state index contributed by atoms with van der Waals surface area (Å²) in [7, 11) is 0. The van der Waals surface area contributed by atoms with Crippen molar-refractivity contribution in [3.8, 4) is 33.4 Å². The maximum Gasteiger partial charge on any atom is -0.0196 e. The van der Waals surface area contributed by atoms with Crippen LogP contribution in [-0.4, -0.2) is 6.88 Å². The first-order valence-corrected chi connectivity index (χ1v) is 19.0. The van der Waals surface area contributed by atoms with E-state index in [0.717, 1.165) is 0 Å². The van der Waals surface area contributed by atoms with E-state index in [9.17, 15) is 0 Å². The third-order valence-electron chi connectivity index (χ3n) is 8.25. The standard InChI is InChI=1S/C25H17.C17H15.2CH3.Si.Zr/c1-2-8-19(9-3-1)24-12-6-11-22-16-23(17-25(22)24)21-14-13-18-7-4-5-10-20(18)15-21;1-12-10-16-13(2)8-9-15(17(16)11-12)14-6-4-3-5-7-14;;;;/h1-17H;3-11H,1-2H3;2*1H3;;/q4*-1;;. The minimum absolute atomic E-state index is 0. The van der Waals surface area contributed by atoms with Gasteiger partial charge in [0.15, 0.2) is 0 Å². The van der Waals surface area contributed by atoms with E-state index < -0.39 is 0 Å². The van der Waals surface area contributed by atoms with Gasteiger partial charge in [-0.3, -0.25) is 0 Å². The molecule has 0 aromatic heterocycles. The van der Waals surface area contributed by atoms with Crippen molar-refractivity contribution in [1.82, 2.24) is 0 Å². The topological polar surface area (TPSA) is 0 Å². The number of aryl methyl sites for hydroxylation is 2. The Bertz CT molecular complexity index is 2170. The summed E-state index contributed by atoms with van der Waals surface area (Å²) in [4.78, 5) is 0. The molecule has 2 heteroatoms. The second-order valence-electron chi connectivity index (χ2n) is 11.1. The van der Waals surface area contributed by atoms with Gasteiger partial charge in [-0.15, -0.1) is 68.6 Å². The first-order valence-electron chi connectivity index (χ1n) is 14.9. The molecule has 8 rings (SSSR count). The summed E-state index contributed by atoms with van der Waals surface area (Å²) in [6, 6.07) is 56.6. The van der Waals surface area contributed by atoms with Crippen LogP contribution in [-0.2, 0) is 23.3 Å². The maximum atomic E-state index is 3.06. The van der Waals surface area contributed by atoms with E-state index in [-0.39, 0.29) is 14.9 Å². The predicted octanol–water partition coefficient (Wildman–Crippen LogP) is 12.4. The van der Waals surface area contributed by atoms with Crippen molar-refractivity contribution in [2.24, 2.45) is 0 Å². The summed E-state index contributed by atoms with van der Waals surface area (Å²) in [5.74, 6) is 0. The molecule has 0 unspecified atom stereocenters. The molecule has 0 heterocycles. The average molecular weight is 686 g/mol. The van der Waals surface area contributed by atoms with Gasteiger partial charge in [0, 0.05) is 0 Å². The van der Waals surface area contributed by atoms with Gasteiger partial charge in [-0.25, -0.2) is 0 Å². The number of hydrogen-bond donors (Lipinski definition) is 0. The Kier molecular flexibility index (Phi) is 12.1. The molecule has 2 radical (unpaired) electrons. The fraction of sp³-hybridized carbons (Fsp3) is 0.0455. The molecule has 0 atom stereocenters. The number of rotatable bonds is 3. The number of fused-ring (bicyclic) bond motifs is 3. The molecule has 0 amide bonds. The van der Waals surface area contributed by atoms with Crippen LogP contribution < -0.4 is 0 Å². The van der Waals surface area contributed by atoms with E-state index in [1.165, 1.54) is 100 Å². The summed E-state index contributed by atoms with van der Waals surface area (Å²) in [6.45, 7) is 7.40. The molecular formula is C44H38SiZr-4. The zero-order valence-corrected chi connectivity index (χ0v) is 30.5. The van der Waals surface area contributed by atoms with Crippen molar-refractivity contribution >= 4 is 39.2 Å². The molecule has 226 valence electrons. The second-order valence-corrected chi connectivity index (χ2v) is 11.1. The van der Waals surface area contributed by atoms with Gasteiger partial charge in [-0.1, -0.05) is 152 Å². The summed E-state index contributed by atoms with van der Waals surface area (Å²) in [5.41, 5.74) is 10.4. The minimum Gasteiger partial charge on any atom is -0.144 e. The molecule has 0 aliphatic rings. The SMILES string of the molecule is Cc1cc2c(-c3ccccc3)ccc(C)c2[cH-]1.[CH3-].[CH3-].[Si]=[Zr].c1ccc(-c2cccc3[cH-]c(-c4ccc5ccccc5c4)cc23)cc1. The van der Waals surface area contributed by atoms with Gasteiger partial charge in [-0.05, 0) is 21.9 Å². The van der Waals surface area contributed by atoms with Gasteiger partial charge in [-0.2, -0.15) is 6.07 Å². The van der Waals surface area contributed by atoms with Crippen LogP contribution in [0.4, 0.5) is 0 Å². The van der Waals surface area contributed by atoms with Crippen LogP contribution in [0.15, 0.2) is 158 Å². The molecule has 0 saturated carbocycles. The Labute approximate surface area is 291 Å². The molecule has 0 bridgehead atoms. The van der Waals surface area contributed by atoms with E-state index in [2.05, 4.69) is 178 Å². The van der Waals surface area contributed by atoms with Crippen LogP contribution >= 0.6 is 0 Å². The normalized spacial score (nSPS) is 10.2. The van der Waals surface area contributed by atoms with E-state index in [1.807, 2.05) is 0 Å². The van der Waals surface area contributed by atoms with Gasteiger partial charge >= 0.3 is 30.2 Å². The van der Waals surface area contributed by atoms with Crippen LogP contribution in [0.5, 0.6) is 0 Å². The molecular weight excluding hydrogens is 648 g/mol. The molecule has 46 heavy (non-hydrogen) atoms. The zero-order chi connectivity index (χ0) is 30.5. The third kappa shape index (κ3) is 7.31. The Morgan fingerprint density at radius 2 is 1.09 bits per heavy atom. The summed E-state index contributed by atoms with van der Waals surface area (Å²) < 4.78 is 0. The summed E-state index contributed by atoms with van der Waals surface area (Å²) in [5, 5.41) is 7.93. The molecule has 0 aliphatic heterocycles. The Hall–Kier alpha value is -4.10. The summed E-state index contributed by atoms with van der Waals surface area (Å²) in [6.07, 6.45) is 0. The fourth-order valence-corrected chi connectivity index (χ4v) is 6.10. The van der Waals surface area contributed by atoms with Crippen LogP contribution in [0.25, 0.3) is 65.7 Å². The first-order chi connectivity index (χ1) is 21.6. The van der Waals surface area contributed by atoms with Gasteiger partial charge in [0.2, 0.25) is 0 Å². The molecule has 0 N–H and O–H groups in total. The van der Waals surface area contributed by atoms with Crippen molar-refractivity contribution in [2.75, 3.05) is 0 Å². The minimum atomic E-state index is 0. The monoisotopic (exact) mass is 684 g/mol. The van der Waals surface area contributed by atoms with E-state index in [1.54, 1.807) is 0 Å². The zero-order valence-electron chi connectivity index (χ0n) is 27.0. The molecule has 0 nitrogen and oxygen atoms in total. The third-order valence-corrected chi connectivity index (χ3v) is 8.25. The largest absolute Gasteiger partial charge is 0.144 e. The van der Waals surface area contributed by atoms with Crippen molar-refractivity contribution < 1.29 is 23.3 Å². The van der Waals surface area contributed by atoms with Gasteiger partial charge in [0.1, 0.15) is 0 Å². The van der Waals surface area contributed by atoms with E-state index >= 15 is 0 Å². The number of benzene rings is 6. The molecule has 0 saturated heterocycles. The smallest absolute Gasteiger partial charge is 0.0196 e. The Morgan fingerprint density at radius 3 is 1.76 bits per heavy atom. The number of hydrogen-bond acceptors (Lipinski definition) is 0. The molecule has 0 fully saturated rings. The quantitative estimate of drug-likeness (QED) is 0.128. The van der Waals surface area contributed by atoms with Crippen LogP contribution in [0.1, 0.15) is 11.1 Å². The van der Waals surface area contributed by atoms with Gasteiger partial charge < -0.3 is 14.9 Å². The average Bonchev–Trinajstić information content (AvgIpc) is 3.71. The Morgan fingerprint density at radius 1 is 0.478 bits per heavy atom.